The van der Waals surface area contributed by atoms with Gasteiger partial charge in [-0.05, 0) is 45.5 Å². The van der Waals surface area contributed by atoms with Crippen LogP contribution in [-0.2, 0) is 14.8 Å². The SMILES string of the molecule is CNS(=O)(=O)c1ccc(NC2(C)CCOC2C)cc1N. The van der Waals surface area contributed by atoms with Crippen LogP contribution in [0.4, 0.5) is 11.4 Å². The van der Waals surface area contributed by atoms with Crippen molar-refractivity contribution >= 4 is 21.4 Å². The number of nitrogens with one attached hydrogen (secondary N) is 2. The fourth-order valence-corrected chi connectivity index (χ4v) is 3.15. The number of anilines is 2. The van der Waals surface area contributed by atoms with E-state index in [0.29, 0.717) is 6.61 Å². The molecule has 6 nitrogen and oxygen atoms in total. The Hall–Kier alpha value is -1.31. The molecular weight excluding hydrogens is 278 g/mol. The van der Waals surface area contributed by atoms with Crippen molar-refractivity contribution in [3.05, 3.63) is 18.2 Å². The highest BCUT2D eigenvalue weighted by atomic mass is 32.2. The third-order valence-electron chi connectivity index (χ3n) is 3.88. The quantitative estimate of drug-likeness (QED) is 0.725. The maximum absolute atomic E-state index is 11.8. The number of nitrogens with two attached hydrogens (primary N) is 1. The second-order valence-electron chi connectivity index (χ2n) is 5.27. The van der Waals surface area contributed by atoms with Gasteiger partial charge in [-0.25, -0.2) is 13.1 Å². The van der Waals surface area contributed by atoms with Crippen LogP contribution >= 0.6 is 0 Å². The number of hydrogen-bond acceptors (Lipinski definition) is 5. The molecule has 0 bridgehead atoms. The van der Waals surface area contributed by atoms with E-state index in [1.165, 1.54) is 13.1 Å². The van der Waals surface area contributed by atoms with Crippen molar-refractivity contribution in [1.29, 1.82) is 0 Å². The maximum Gasteiger partial charge on any atom is 0.242 e. The van der Waals surface area contributed by atoms with Gasteiger partial charge in [0, 0.05) is 12.3 Å². The number of sulfonamides is 1. The number of rotatable bonds is 4. The average molecular weight is 299 g/mol. The summed E-state index contributed by atoms with van der Waals surface area (Å²) in [6.45, 7) is 4.81. The molecule has 0 saturated carbocycles. The molecular formula is C13H21N3O3S. The van der Waals surface area contributed by atoms with Crippen LogP contribution in [0.2, 0.25) is 0 Å². The Kier molecular flexibility index (Phi) is 3.95. The van der Waals surface area contributed by atoms with Gasteiger partial charge >= 0.3 is 0 Å². The molecule has 2 atom stereocenters. The molecule has 1 aliphatic rings. The Morgan fingerprint density at radius 2 is 2.15 bits per heavy atom. The molecule has 1 aromatic rings. The summed E-state index contributed by atoms with van der Waals surface area (Å²) >= 11 is 0. The van der Waals surface area contributed by atoms with Crippen LogP contribution in [0.3, 0.4) is 0 Å². The van der Waals surface area contributed by atoms with Gasteiger partial charge in [-0.2, -0.15) is 0 Å². The number of ether oxygens (including phenoxy) is 1. The van der Waals surface area contributed by atoms with E-state index >= 15 is 0 Å². The zero-order valence-corrected chi connectivity index (χ0v) is 12.8. The largest absolute Gasteiger partial charge is 0.398 e. The predicted molar refractivity (Wildman–Crippen MR) is 79.2 cm³/mol. The van der Waals surface area contributed by atoms with Crippen LogP contribution in [0.5, 0.6) is 0 Å². The Labute approximate surface area is 119 Å². The minimum absolute atomic E-state index is 0.0874. The molecule has 1 saturated heterocycles. The molecule has 0 amide bonds. The summed E-state index contributed by atoms with van der Waals surface area (Å²) < 4.78 is 31.3. The zero-order chi connectivity index (χ0) is 15.0. The molecule has 0 aliphatic carbocycles. The lowest BCUT2D eigenvalue weighted by Gasteiger charge is -2.30. The lowest BCUT2D eigenvalue weighted by Crippen LogP contribution is -2.41. The van der Waals surface area contributed by atoms with E-state index in [4.69, 9.17) is 10.5 Å². The van der Waals surface area contributed by atoms with Crippen LogP contribution in [0.15, 0.2) is 23.1 Å². The molecule has 20 heavy (non-hydrogen) atoms. The molecule has 0 aromatic heterocycles. The minimum Gasteiger partial charge on any atom is -0.398 e. The summed E-state index contributed by atoms with van der Waals surface area (Å²) in [7, 11) is -2.17. The highest BCUT2D eigenvalue weighted by molar-refractivity contribution is 7.89. The van der Waals surface area contributed by atoms with Crippen LogP contribution in [0.1, 0.15) is 20.3 Å². The smallest absolute Gasteiger partial charge is 0.242 e. The van der Waals surface area contributed by atoms with E-state index in [1.807, 2.05) is 6.92 Å². The zero-order valence-electron chi connectivity index (χ0n) is 11.9. The molecule has 112 valence electrons. The van der Waals surface area contributed by atoms with E-state index in [-0.39, 0.29) is 22.2 Å². The van der Waals surface area contributed by atoms with Crippen molar-refractivity contribution in [2.75, 3.05) is 24.7 Å². The summed E-state index contributed by atoms with van der Waals surface area (Å²) in [5.41, 5.74) is 6.68. The highest BCUT2D eigenvalue weighted by Gasteiger charge is 2.36. The molecule has 0 radical (unpaired) electrons. The summed E-state index contributed by atoms with van der Waals surface area (Å²) in [5.74, 6) is 0. The van der Waals surface area contributed by atoms with E-state index in [0.717, 1.165) is 12.1 Å². The van der Waals surface area contributed by atoms with Crippen molar-refractivity contribution < 1.29 is 13.2 Å². The monoisotopic (exact) mass is 299 g/mol. The van der Waals surface area contributed by atoms with Crippen molar-refractivity contribution in [2.24, 2.45) is 0 Å². The van der Waals surface area contributed by atoms with Gasteiger partial charge in [0.25, 0.3) is 0 Å². The molecule has 1 heterocycles. The van der Waals surface area contributed by atoms with Gasteiger partial charge < -0.3 is 15.8 Å². The second-order valence-corrected chi connectivity index (χ2v) is 7.12. The third-order valence-corrected chi connectivity index (χ3v) is 5.37. The van der Waals surface area contributed by atoms with Gasteiger partial charge in [-0.3, -0.25) is 0 Å². The van der Waals surface area contributed by atoms with Crippen molar-refractivity contribution in [3.63, 3.8) is 0 Å². The van der Waals surface area contributed by atoms with Gasteiger partial charge in [-0.15, -0.1) is 0 Å². The maximum atomic E-state index is 11.8. The molecule has 7 heteroatoms. The van der Waals surface area contributed by atoms with Crippen LogP contribution in [-0.4, -0.2) is 33.7 Å². The molecule has 0 spiro atoms. The summed E-state index contributed by atoms with van der Waals surface area (Å²) in [6.07, 6.45) is 0.981. The Bertz CT molecular complexity index is 603. The molecule has 1 aliphatic heterocycles. The van der Waals surface area contributed by atoms with Crippen LogP contribution in [0.25, 0.3) is 0 Å². The first kappa shape index (κ1) is 15.1. The minimum atomic E-state index is -3.53. The van der Waals surface area contributed by atoms with E-state index < -0.39 is 10.0 Å². The van der Waals surface area contributed by atoms with E-state index in [9.17, 15) is 8.42 Å². The van der Waals surface area contributed by atoms with Gasteiger partial charge in [0.2, 0.25) is 10.0 Å². The standard InChI is InChI=1S/C13H21N3O3S/c1-9-13(2,6-7-19-9)16-10-4-5-12(11(14)8-10)20(17,18)15-3/h4-5,8-9,15-16H,6-7,14H2,1-3H3. The van der Waals surface area contributed by atoms with Gasteiger partial charge in [-0.1, -0.05) is 0 Å². The fraction of sp³-hybridized carbons (Fsp3) is 0.538. The molecule has 1 aromatic carbocycles. The number of benzene rings is 1. The van der Waals surface area contributed by atoms with E-state index in [2.05, 4.69) is 17.0 Å². The summed E-state index contributed by atoms with van der Waals surface area (Å²) in [5, 5.41) is 3.38. The van der Waals surface area contributed by atoms with Gasteiger partial charge in [0.15, 0.2) is 0 Å². The number of nitrogen functional groups attached to an aromatic ring is 1. The van der Waals surface area contributed by atoms with Crippen LogP contribution in [0, 0.1) is 0 Å². The van der Waals surface area contributed by atoms with Gasteiger partial charge in [0.05, 0.1) is 17.3 Å². The summed E-state index contributed by atoms with van der Waals surface area (Å²) in [6, 6.07) is 4.87. The van der Waals surface area contributed by atoms with Crippen molar-refractivity contribution in [1.82, 2.24) is 4.72 Å². The number of hydrogen-bond donors (Lipinski definition) is 3. The highest BCUT2D eigenvalue weighted by Crippen LogP contribution is 2.31. The van der Waals surface area contributed by atoms with Crippen molar-refractivity contribution in [2.45, 2.75) is 36.8 Å². The predicted octanol–water partition coefficient (Wildman–Crippen LogP) is 1.16. The molecule has 2 rings (SSSR count). The normalized spacial score (nSPS) is 26.6. The van der Waals surface area contributed by atoms with E-state index in [1.54, 1.807) is 12.1 Å². The Morgan fingerprint density at radius 1 is 1.45 bits per heavy atom. The first-order valence-electron chi connectivity index (χ1n) is 6.51. The molecule has 4 N–H and O–H groups in total. The fourth-order valence-electron chi connectivity index (χ4n) is 2.31. The summed E-state index contributed by atoms with van der Waals surface area (Å²) in [4.78, 5) is 0.0893. The second kappa shape index (κ2) is 5.23. The first-order chi connectivity index (χ1) is 9.28. The van der Waals surface area contributed by atoms with Crippen molar-refractivity contribution in [3.8, 4) is 0 Å². The Balaban J connectivity index is 2.26. The molecule has 2 unspecified atom stereocenters. The lowest BCUT2D eigenvalue weighted by molar-refractivity contribution is 0.105. The lowest BCUT2D eigenvalue weighted by atomic mass is 9.94. The first-order valence-corrected chi connectivity index (χ1v) is 8.00. The Morgan fingerprint density at radius 3 is 2.65 bits per heavy atom. The average Bonchev–Trinajstić information content (AvgIpc) is 2.69. The third kappa shape index (κ3) is 2.74. The molecule has 1 fully saturated rings. The topological polar surface area (TPSA) is 93.5 Å². The van der Waals surface area contributed by atoms with Gasteiger partial charge in [0.1, 0.15) is 4.90 Å². The van der Waals surface area contributed by atoms with Crippen LogP contribution < -0.4 is 15.8 Å².